The molecule has 0 aromatic heterocycles. The molecule has 0 saturated heterocycles. The Kier molecular flexibility index (Phi) is 4.84. The molecule has 0 aliphatic carbocycles. The van der Waals surface area contributed by atoms with Crippen LogP contribution < -0.4 is 5.32 Å². The lowest BCUT2D eigenvalue weighted by Crippen LogP contribution is -2.27. The Hall–Kier alpha value is -1.32. The summed E-state index contributed by atoms with van der Waals surface area (Å²) in [4.78, 5) is 12.3. The molecule has 0 fully saturated rings. The van der Waals surface area contributed by atoms with E-state index in [1.165, 1.54) is 0 Å². The molecular formula is C16H15BrClNO. The lowest BCUT2D eigenvalue weighted by molar-refractivity contribution is 0.0939. The van der Waals surface area contributed by atoms with E-state index in [9.17, 15) is 4.79 Å². The third kappa shape index (κ3) is 3.62. The van der Waals surface area contributed by atoms with Gasteiger partial charge in [0, 0.05) is 15.1 Å². The van der Waals surface area contributed by atoms with Crippen LogP contribution >= 0.6 is 27.5 Å². The van der Waals surface area contributed by atoms with Crippen LogP contribution in [0.3, 0.4) is 0 Å². The molecule has 1 N–H and O–H groups in total. The van der Waals surface area contributed by atoms with Gasteiger partial charge in [-0.3, -0.25) is 4.79 Å². The number of hydrogen-bond acceptors (Lipinski definition) is 1. The fourth-order valence-corrected chi connectivity index (χ4v) is 2.48. The van der Waals surface area contributed by atoms with Gasteiger partial charge in [-0.2, -0.15) is 0 Å². The Labute approximate surface area is 132 Å². The standard InChI is InChI=1S/C16H15BrClNO/c1-10-9-14(18)7-8-15(10)16(20)19-11(2)12-3-5-13(17)6-4-12/h3-9,11H,1-2H3,(H,19,20). The van der Waals surface area contributed by atoms with E-state index in [1.54, 1.807) is 18.2 Å². The predicted molar refractivity (Wildman–Crippen MR) is 86.2 cm³/mol. The number of aryl methyl sites for hydroxylation is 1. The van der Waals surface area contributed by atoms with E-state index in [-0.39, 0.29) is 11.9 Å². The summed E-state index contributed by atoms with van der Waals surface area (Å²) in [5.41, 5.74) is 2.59. The average molecular weight is 353 g/mol. The summed E-state index contributed by atoms with van der Waals surface area (Å²) >= 11 is 9.30. The first-order valence-corrected chi connectivity index (χ1v) is 7.47. The Balaban J connectivity index is 2.13. The maximum Gasteiger partial charge on any atom is 0.252 e. The highest BCUT2D eigenvalue weighted by Gasteiger charge is 2.13. The molecule has 0 saturated carbocycles. The van der Waals surface area contributed by atoms with Crippen LogP contribution in [0.5, 0.6) is 0 Å². The van der Waals surface area contributed by atoms with Crippen molar-refractivity contribution >= 4 is 33.4 Å². The zero-order valence-corrected chi connectivity index (χ0v) is 13.6. The van der Waals surface area contributed by atoms with Crippen molar-refractivity contribution in [1.82, 2.24) is 5.32 Å². The van der Waals surface area contributed by atoms with Crippen LogP contribution in [0.25, 0.3) is 0 Å². The monoisotopic (exact) mass is 351 g/mol. The Morgan fingerprint density at radius 1 is 1.20 bits per heavy atom. The minimum Gasteiger partial charge on any atom is -0.346 e. The molecule has 1 unspecified atom stereocenters. The van der Waals surface area contributed by atoms with Gasteiger partial charge in [0.05, 0.1) is 6.04 Å². The maximum atomic E-state index is 12.3. The molecule has 2 nitrogen and oxygen atoms in total. The molecule has 0 aliphatic rings. The number of carbonyl (C=O) groups is 1. The second kappa shape index (κ2) is 6.42. The summed E-state index contributed by atoms with van der Waals surface area (Å²) in [5, 5.41) is 3.63. The molecule has 0 aliphatic heterocycles. The quantitative estimate of drug-likeness (QED) is 0.836. The van der Waals surface area contributed by atoms with Crippen LogP contribution in [-0.2, 0) is 0 Å². The van der Waals surface area contributed by atoms with Gasteiger partial charge in [-0.15, -0.1) is 0 Å². The van der Waals surface area contributed by atoms with Crippen LogP contribution in [0, 0.1) is 6.92 Å². The third-order valence-corrected chi connectivity index (χ3v) is 3.91. The second-order valence-corrected chi connectivity index (χ2v) is 6.06. The van der Waals surface area contributed by atoms with Gasteiger partial charge in [0.1, 0.15) is 0 Å². The molecule has 2 aromatic rings. The van der Waals surface area contributed by atoms with Crippen LogP contribution in [0.4, 0.5) is 0 Å². The topological polar surface area (TPSA) is 29.1 Å². The molecule has 20 heavy (non-hydrogen) atoms. The van der Waals surface area contributed by atoms with Crippen LogP contribution in [-0.4, -0.2) is 5.91 Å². The summed E-state index contributed by atoms with van der Waals surface area (Å²) in [6, 6.07) is 13.1. The summed E-state index contributed by atoms with van der Waals surface area (Å²) in [7, 11) is 0. The molecule has 2 rings (SSSR count). The van der Waals surface area contributed by atoms with Crippen molar-refractivity contribution in [3.63, 3.8) is 0 Å². The third-order valence-electron chi connectivity index (χ3n) is 3.15. The van der Waals surface area contributed by atoms with E-state index in [2.05, 4.69) is 21.2 Å². The van der Waals surface area contributed by atoms with E-state index in [0.29, 0.717) is 10.6 Å². The molecule has 0 radical (unpaired) electrons. The fraction of sp³-hybridized carbons (Fsp3) is 0.188. The molecule has 104 valence electrons. The van der Waals surface area contributed by atoms with Crippen molar-refractivity contribution in [3.05, 3.63) is 68.7 Å². The summed E-state index contributed by atoms with van der Waals surface area (Å²) in [6.45, 7) is 3.84. The van der Waals surface area contributed by atoms with Gasteiger partial charge in [0.2, 0.25) is 0 Å². The van der Waals surface area contributed by atoms with E-state index >= 15 is 0 Å². The zero-order valence-electron chi connectivity index (χ0n) is 11.3. The van der Waals surface area contributed by atoms with Crippen molar-refractivity contribution in [2.45, 2.75) is 19.9 Å². The second-order valence-electron chi connectivity index (χ2n) is 4.71. The molecule has 1 amide bonds. The highest BCUT2D eigenvalue weighted by atomic mass is 79.9. The van der Waals surface area contributed by atoms with Crippen molar-refractivity contribution in [1.29, 1.82) is 0 Å². The highest BCUT2D eigenvalue weighted by molar-refractivity contribution is 9.10. The number of hydrogen-bond donors (Lipinski definition) is 1. The maximum absolute atomic E-state index is 12.3. The number of halogens is 2. The molecule has 0 bridgehead atoms. The predicted octanol–water partition coefficient (Wildman–Crippen LogP) is 4.90. The first-order valence-electron chi connectivity index (χ1n) is 6.30. The van der Waals surface area contributed by atoms with Crippen LogP contribution in [0.15, 0.2) is 46.9 Å². The van der Waals surface area contributed by atoms with Gasteiger partial charge in [-0.1, -0.05) is 39.7 Å². The van der Waals surface area contributed by atoms with Crippen LogP contribution in [0.1, 0.15) is 34.5 Å². The fourth-order valence-electron chi connectivity index (χ4n) is 1.99. The molecule has 1 atom stereocenters. The molecule has 0 heterocycles. The van der Waals surface area contributed by atoms with Crippen molar-refractivity contribution < 1.29 is 4.79 Å². The van der Waals surface area contributed by atoms with Crippen molar-refractivity contribution in [2.75, 3.05) is 0 Å². The van der Waals surface area contributed by atoms with E-state index in [1.807, 2.05) is 38.1 Å². The molecule has 4 heteroatoms. The van der Waals surface area contributed by atoms with Crippen LogP contribution in [0.2, 0.25) is 5.02 Å². The lowest BCUT2D eigenvalue weighted by atomic mass is 10.1. The SMILES string of the molecule is Cc1cc(Cl)ccc1C(=O)NC(C)c1ccc(Br)cc1. The smallest absolute Gasteiger partial charge is 0.252 e. The normalized spacial score (nSPS) is 12.0. The first kappa shape index (κ1) is 15.1. The summed E-state index contributed by atoms with van der Waals surface area (Å²) in [6.07, 6.45) is 0. The van der Waals surface area contributed by atoms with E-state index in [4.69, 9.17) is 11.6 Å². The Morgan fingerprint density at radius 2 is 1.85 bits per heavy atom. The van der Waals surface area contributed by atoms with Gasteiger partial charge in [-0.25, -0.2) is 0 Å². The lowest BCUT2D eigenvalue weighted by Gasteiger charge is -2.15. The zero-order chi connectivity index (χ0) is 14.7. The minimum absolute atomic E-state index is 0.0503. The molecular weight excluding hydrogens is 338 g/mol. The van der Waals surface area contributed by atoms with Gasteiger partial charge in [0.25, 0.3) is 5.91 Å². The minimum atomic E-state index is -0.0883. The number of benzene rings is 2. The van der Waals surface area contributed by atoms with E-state index in [0.717, 1.165) is 15.6 Å². The number of nitrogens with one attached hydrogen (secondary N) is 1. The number of carbonyl (C=O) groups excluding carboxylic acids is 1. The molecule has 0 spiro atoms. The average Bonchev–Trinajstić information content (AvgIpc) is 2.39. The van der Waals surface area contributed by atoms with Crippen molar-refractivity contribution in [3.8, 4) is 0 Å². The van der Waals surface area contributed by atoms with Gasteiger partial charge >= 0.3 is 0 Å². The first-order chi connectivity index (χ1) is 9.47. The van der Waals surface area contributed by atoms with Gasteiger partial charge in [0.15, 0.2) is 0 Å². The van der Waals surface area contributed by atoms with E-state index < -0.39 is 0 Å². The highest BCUT2D eigenvalue weighted by Crippen LogP contribution is 2.19. The van der Waals surface area contributed by atoms with Gasteiger partial charge in [-0.05, 0) is 55.3 Å². The Morgan fingerprint density at radius 3 is 2.45 bits per heavy atom. The largest absolute Gasteiger partial charge is 0.346 e. The summed E-state index contributed by atoms with van der Waals surface area (Å²) in [5.74, 6) is -0.0883. The Bertz CT molecular complexity index is 625. The number of amides is 1. The summed E-state index contributed by atoms with van der Waals surface area (Å²) < 4.78 is 1.02. The molecule has 2 aromatic carbocycles. The van der Waals surface area contributed by atoms with Crippen molar-refractivity contribution in [2.24, 2.45) is 0 Å². The van der Waals surface area contributed by atoms with Gasteiger partial charge < -0.3 is 5.32 Å². The number of rotatable bonds is 3.